The monoisotopic (exact) mass is 706 g/mol. The average Bonchev–Trinajstić information content (AvgIpc) is 3.05. The molecule has 2 aromatic heterocycles. The Hall–Kier alpha value is -3.34. The van der Waals surface area contributed by atoms with E-state index in [0.29, 0.717) is 6.07 Å². The van der Waals surface area contributed by atoms with E-state index in [1.165, 1.54) is 23.2 Å². The number of hydrogen-bond acceptors (Lipinski definition) is 8. The third-order valence-electron chi connectivity index (χ3n) is 7.85. The summed E-state index contributed by atoms with van der Waals surface area (Å²) in [4.78, 5) is 36.1. The van der Waals surface area contributed by atoms with Gasteiger partial charge in [-0.2, -0.15) is 13.2 Å². The van der Waals surface area contributed by atoms with Gasteiger partial charge in [-0.05, 0) is 70.4 Å². The number of carbonyl (C=O) groups excluding carboxylic acids is 2. The van der Waals surface area contributed by atoms with Crippen LogP contribution in [0.3, 0.4) is 0 Å². The van der Waals surface area contributed by atoms with Crippen molar-refractivity contribution in [1.82, 2.24) is 14.7 Å². The second kappa shape index (κ2) is 13.3. The van der Waals surface area contributed by atoms with Gasteiger partial charge >= 0.3 is 12.3 Å². The molecule has 1 atom stereocenters. The lowest BCUT2D eigenvalue weighted by molar-refractivity contribution is -0.138. The van der Waals surface area contributed by atoms with Crippen LogP contribution in [0.25, 0.3) is 0 Å². The van der Waals surface area contributed by atoms with Gasteiger partial charge in [0.1, 0.15) is 11.4 Å². The van der Waals surface area contributed by atoms with Crippen molar-refractivity contribution in [2.45, 2.75) is 109 Å². The van der Waals surface area contributed by atoms with Gasteiger partial charge in [-0.3, -0.25) is 8.82 Å². The molecule has 0 aliphatic carbocycles. The second-order valence-electron chi connectivity index (χ2n) is 14.1. The number of aromatic nitrogens is 2. The lowest BCUT2D eigenvalue weighted by Crippen LogP contribution is -2.42. The van der Waals surface area contributed by atoms with Gasteiger partial charge in [-0.1, -0.05) is 20.8 Å². The van der Waals surface area contributed by atoms with Crippen molar-refractivity contribution in [3.63, 3.8) is 0 Å². The Morgan fingerprint density at radius 3 is 2.28 bits per heavy atom. The number of nitrogens with one attached hydrogen (secondary N) is 2. The number of aryl methyl sites for hydroxylation is 1. The normalized spacial score (nSPS) is 17.3. The van der Waals surface area contributed by atoms with E-state index in [1.807, 2.05) is 33.9 Å². The summed E-state index contributed by atoms with van der Waals surface area (Å²) in [5.74, 6) is -4.14. The molecule has 0 saturated carbocycles. The van der Waals surface area contributed by atoms with E-state index in [2.05, 4.69) is 24.0 Å². The smallest absolute Gasteiger partial charge is 0.420 e. The lowest BCUT2D eigenvalue weighted by atomic mass is 10.1. The maximum Gasteiger partial charge on any atom is 0.420 e. The fourth-order valence-corrected chi connectivity index (χ4v) is 9.48. The first kappa shape index (κ1) is 38.1. The summed E-state index contributed by atoms with van der Waals surface area (Å²) in [6, 6.07) is 3.17. The fraction of sp³-hybridized carbons (Fsp3) is 0.600. The van der Waals surface area contributed by atoms with Crippen molar-refractivity contribution in [2.24, 2.45) is 4.03 Å². The van der Waals surface area contributed by atoms with Gasteiger partial charge in [0.2, 0.25) is 5.92 Å². The molecule has 1 aliphatic rings. The molecule has 1 unspecified atom stereocenters. The Balaban J connectivity index is 2.11. The highest BCUT2D eigenvalue weighted by molar-refractivity contribution is 7.93. The van der Waals surface area contributed by atoms with Crippen LogP contribution in [0.15, 0.2) is 33.5 Å². The number of halogens is 5. The number of anilines is 2. The summed E-state index contributed by atoms with van der Waals surface area (Å²) in [6.45, 7) is 15.3. The highest BCUT2D eigenvalue weighted by atomic mass is 32.2. The Morgan fingerprint density at radius 2 is 1.70 bits per heavy atom. The van der Waals surface area contributed by atoms with Crippen LogP contribution in [0.2, 0.25) is 18.1 Å². The number of pyridine rings is 2. The number of carbonyl (C=O) groups is 2. The maximum atomic E-state index is 14.5. The molecule has 262 valence electrons. The summed E-state index contributed by atoms with van der Waals surface area (Å²) in [7, 11) is -6.56. The molecule has 0 radical (unpaired) electrons. The molecule has 2 amide bonds. The molecule has 1 saturated heterocycles. The van der Waals surface area contributed by atoms with Crippen LogP contribution < -0.4 is 14.9 Å². The van der Waals surface area contributed by atoms with Crippen molar-refractivity contribution in [1.29, 1.82) is 0 Å². The SMILES string of the molecule is Cc1nc(N2CCCC(F)(F)CC2)c(C(=O)Nc2ccnc(S(=O)(=N[Si](C)(C)C(C)(C)C)NC(=O)OC(C)(C)C)c2)cc1C(F)(F)F. The molecule has 3 heterocycles. The van der Waals surface area contributed by atoms with Gasteiger partial charge in [-0.25, -0.2) is 32.5 Å². The molecule has 1 fully saturated rings. The first-order chi connectivity index (χ1) is 21.2. The van der Waals surface area contributed by atoms with E-state index in [0.717, 1.165) is 6.92 Å². The predicted molar refractivity (Wildman–Crippen MR) is 173 cm³/mol. The molecule has 0 bridgehead atoms. The first-order valence-corrected chi connectivity index (χ1v) is 19.5. The summed E-state index contributed by atoms with van der Waals surface area (Å²) < 4.78 is 96.7. The topological polar surface area (TPSA) is 126 Å². The van der Waals surface area contributed by atoms with Crippen molar-refractivity contribution in [3.8, 4) is 0 Å². The fourth-order valence-electron chi connectivity index (χ4n) is 4.39. The summed E-state index contributed by atoms with van der Waals surface area (Å²) in [5, 5.41) is 1.88. The highest BCUT2D eigenvalue weighted by Crippen LogP contribution is 2.39. The second-order valence-corrected chi connectivity index (χ2v) is 21.1. The lowest BCUT2D eigenvalue weighted by Gasteiger charge is -2.33. The van der Waals surface area contributed by atoms with E-state index in [-0.39, 0.29) is 36.0 Å². The molecule has 47 heavy (non-hydrogen) atoms. The zero-order valence-electron chi connectivity index (χ0n) is 28.1. The molecular weight excluding hydrogens is 664 g/mol. The number of hydrogen-bond donors (Lipinski definition) is 2. The third-order valence-corrected chi connectivity index (χ3v) is 15.6. The first-order valence-electron chi connectivity index (χ1n) is 15.0. The zero-order valence-corrected chi connectivity index (χ0v) is 29.9. The zero-order chi connectivity index (χ0) is 35.8. The Bertz CT molecular complexity index is 1630. The Kier molecular flexibility index (Phi) is 10.8. The van der Waals surface area contributed by atoms with Crippen LogP contribution in [0.5, 0.6) is 0 Å². The number of nitrogens with zero attached hydrogens (tertiary/aromatic N) is 4. The summed E-state index contributed by atoms with van der Waals surface area (Å²) in [6.07, 6.45) is -5.57. The van der Waals surface area contributed by atoms with E-state index in [9.17, 15) is 35.8 Å². The molecule has 3 rings (SSSR count). The highest BCUT2D eigenvalue weighted by Gasteiger charge is 2.40. The van der Waals surface area contributed by atoms with Gasteiger partial charge in [0.15, 0.2) is 23.2 Å². The number of amides is 2. The predicted octanol–water partition coefficient (Wildman–Crippen LogP) is 7.95. The van der Waals surface area contributed by atoms with Crippen LogP contribution in [0.1, 0.15) is 82.4 Å². The molecule has 0 aromatic carbocycles. The molecule has 1 aliphatic heterocycles. The molecule has 2 N–H and O–H groups in total. The quantitative estimate of drug-likeness (QED) is 0.231. The van der Waals surface area contributed by atoms with Crippen molar-refractivity contribution >= 4 is 41.7 Å². The van der Waals surface area contributed by atoms with Crippen molar-refractivity contribution in [3.05, 3.63) is 41.2 Å². The number of rotatable bonds is 6. The molecule has 10 nitrogen and oxygen atoms in total. The van der Waals surface area contributed by atoms with Crippen LogP contribution in [-0.4, -0.2) is 59.0 Å². The van der Waals surface area contributed by atoms with Crippen LogP contribution in [-0.2, 0) is 20.8 Å². The number of alkyl halides is 5. The molecule has 17 heteroatoms. The van der Waals surface area contributed by atoms with Gasteiger partial charge in [0.25, 0.3) is 5.91 Å². The van der Waals surface area contributed by atoms with E-state index < -0.39 is 82.6 Å². The van der Waals surface area contributed by atoms with Gasteiger partial charge in [-0.15, -0.1) is 0 Å². The van der Waals surface area contributed by atoms with Crippen LogP contribution >= 0.6 is 0 Å². The van der Waals surface area contributed by atoms with E-state index >= 15 is 0 Å². The number of ether oxygens (including phenoxy) is 1. The minimum atomic E-state index is -4.84. The maximum absolute atomic E-state index is 14.5. The van der Waals surface area contributed by atoms with E-state index in [4.69, 9.17) is 4.74 Å². The van der Waals surface area contributed by atoms with Gasteiger partial charge in [0, 0.05) is 37.8 Å². The van der Waals surface area contributed by atoms with Crippen LogP contribution in [0, 0.1) is 6.92 Å². The molecule has 0 spiro atoms. The minimum Gasteiger partial charge on any atom is -0.443 e. The Labute approximate surface area is 273 Å². The summed E-state index contributed by atoms with van der Waals surface area (Å²) in [5.41, 5.74) is -2.99. The largest absolute Gasteiger partial charge is 0.443 e. The summed E-state index contributed by atoms with van der Waals surface area (Å²) >= 11 is 0. The van der Waals surface area contributed by atoms with E-state index in [1.54, 1.807) is 20.8 Å². The molecule has 2 aromatic rings. The minimum absolute atomic E-state index is 0.0216. The average molecular weight is 707 g/mol. The van der Waals surface area contributed by atoms with Crippen molar-refractivity contribution in [2.75, 3.05) is 23.3 Å². The van der Waals surface area contributed by atoms with Crippen molar-refractivity contribution < 1.29 is 40.5 Å². The molecular formula is C30H43F5N6O4SSi. The van der Waals surface area contributed by atoms with Crippen LogP contribution in [0.4, 0.5) is 38.3 Å². The van der Waals surface area contributed by atoms with Gasteiger partial charge < -0.3 is 15.0 Å². The standard InChI is InChI=1S/C30H43F5N6O4SSi/c1-19-22(30(33,34)35)18-21(24(37-19)41-15-10-12-29(31,32)13-16-41)25(42)38-20-11-14-36-23(17-20)46(44,39-26(43)45-27(2,3)4)40-47(8,9)28(5,6)7/h11,14,17-18H,10,12-13,15-16H2,1-9H3,(H,36,38,42)(H,39,40,43,44). The van der Waals surface area contributed by atoms with Gasteiger partial charge in [0.05, 0.1) is 16.8 Å². The Morgan fingerprint density at radius 1 is 1.06 bits per heavy atom. The third kappa shape index (κ3) is 9.84.